The predicted octanol–water partition coefficient (Wildman–Crippen LogP) is 1.89. The maximum Gasteiger partial charge on any atom is 0.252 e. The van der Waals surface area contributed by atoms with Crippen LogP contribution in [0, 0.1) is 0 Å². The van der Waals surface area contributed by atoms with Gasteiger partial charge in [0.2, 0.25) is 0 Å². The third-order valence-corrected chi connectivity index (χ3v) is 3.78. The highest BCUT2D eigenvalue weighted by atomic mass is 32.2. The number of hydrogen-bond acceptors (Lipinski definition) is 5. The zero-order chi connectivity index (χ0) is 15.5. The van der Waals surface area contributed by atoms with Gasteiger partial charge in [0, 0.05) is 39.5 Å². The first-order valence-electron chi connectivity index (χ1n) is 7.22. The molecule has 0 bridgehead atoms. The first kappa shape index (κ1) is 17.9. The Morgan fingerprint density at radius 2 is 2.24 bits per heavy atom. The Morgan fingerprint density at radius 1 is 1.43 bits per heavy atom. The number of carbonyl (C=O) groups is 1. The zero-order valence-corrected chi connectivity index (χ0v) is 13.9. The predicted molar refractivity (Wildman–Crippen MR) is 87.0 cm³/mol. The number of nitrogens with zero attached hydrogens (tertiary/aromatic N) is 2. The third kappa shape index (κ3) is 7.45. The molecule has 0 aromatic carbocycles. The molecule has 21 heavy (non-hydrogen) atoms. The van der Waals surface area contributed by atoms with E-state index >= 15 is 0 Å². The summed E-state index contributed by atoms with van der Waals surface area (Å²) in [6.07, 6.45) is 2.64. The van der Waals surface area contributed by atoms with Gasteiger partial charge in [0.1, 0.15) is 0 Å². The molecule has 1 rings (SSSR count). The average Bonchev–Trinajstić information content (AvgIpc) is 2.48. The number of rotatable bonds is 10. The van der Waals surface area contributed by atoms with Crippen molar-refractivity contribution in [3.8, 4) is 0 Å². The second-order valence-corrected chi connectivity index (χ2v) is 6.01. The molecule has 0 atom stereocenters. The molecule has 1 heterocycles. The molecule has 0 spiro atoms. The normalized spacial score (nSPS) is 10.9. The Labute approximate surface area is 131 Å². The minimum atomic E-state index is -0.0687. The molecule has 0 saturated heterocycles. The van der Waals surface area contributed by atoms with E-state index in [4.69, 9.17) is 4.74 Å². The monoisotopic (exact) mass is 311 g/mol. The summed E-state index contributed by atoms with van der Waals surface area (Å²) in [7, 11) is 3.75. The number of likely N-dealkylation sites (N-methyl/N-ethyl adjacent to an activating group) is 1. The van der Waals surface area contributed by atoms with Crippen LogP contribution in [-0.2, 0) is 4.74 Å². The summed E-state index contributed by atoms with van der Waals surface area (Å²) in [6.45, 7) is 5.27. The summed E-state index contributed by atoms with van der Waals surface area (Å²) in [5.74, 6) is 0.911. The Balaban J connectivity index is 2.26. The Kier molecular flexibility index (Phi) is 9.05. The fourth-order valence-electron chi connectivity index (χ4n) is 1.80. The first-order chi connectivity index (χ1) is 10.2. The lowest BCUT2D eigenvalue weighted by Gasteiger charge is -2.16. The molecule has 0 aliphatic rings. The number of carbonyl (C=O) groups excluding carboxylic acids is 1. The van der Waals surface area contributed by atoms with Crippen LogP contribution in [0.1, 0.15) is 23.7 Å². The summed E-state index contributed by atoms with van der Waals surface area (Å²) in [4.78, 5) is 18.4. The SMILES string of the molecule is CCSc1ccc(C(=O)NCCN(C)CCCOC)cn1. The van der Waals surface area contributed by atoms with Gasteiger partial charge in [-0.05, 0) is 31.4 Å². The van der Waals surface area contributed by atoms with Gasteiger partial charge in [0.25, 0.3) is 5.91 Å². The van der Waals surface area contributed by atoms with Crippen LogP contribution in [0.3, 0.4) is 0 Å². The molecule has 1 N–H and O–H groups in total. The van der Waals surface area contributed by atoms with Crippen LogP contribution in [0.4, 0.5) is 0 Å². The Morgan fingerprint density at radius 3 is 2.86 bits per heavy atom. The lowest BCUT2D eigenvalue weighted by molar-refractivity contribution is 0.0948. The highest BCUT2D eigenvalue weighted by Gasteiger charge is 2.06. The molecular formula is C15H25N3O2S. The van der Waals surface area contributed by atoms with Crippen LogP contribution >= 0.6 is 11.8 Å². The summed E-state index contributed by atoms with van der Waals surface area (Å²) in [6, 6.07) is 3.71. The zero-order valence-electron chi connectivity index (χ0n) is 13.1. The van der Waals surface area contributed by atoms with Crippen molar-refractivity contribution in [3.63, 3.8) is 0 Å². The minimum absolute atomic E-state index is 0.0687. The van der Waals surface area contributed by atoms with Crippen molar-refractivity contribution in [1.29, 1.82) is 0 Å². The quantitative estimate of drug-likeness (QED) is 0.528. The maximum atomic E-state index is 12.0. The van der Waals surface area contributed by atoms with Gasteiger partial charge < -0.3 is 15.0 Å². The van der Waals surface area contributed by atoms with Crippen LogP contribution < -0.4 is 5.32 Å². The fraction of sp³-hybridized carbons (Fsp3) is 0.600. The number of amides is 1. The molecule has 5 nitrogen and oxygen atoms in total. The van der Waals surface area contributed by atoms with Gasteiger partial charge in [-0.2, -0.15) is 0 Å². The van der Waals surface area contributed by atoms with E-state index in [0.29, 0.717) is 12.1 Å². The molecule has 0 fully saturated rings. The smallest absolute Gasteiger partial charge is 0.252 e. The standard InChI is InChI=1S/C15H25N3O2S/c1-4-21-14-7-6-13(12-17-14)15(19)16-8-10-18(2)9-5-11-20-3/h6-7,12H,4-5,8-11H2,1-3H3,(H,16,19). The van der Waals surface area contributed by atoms with Crippen molar-refractivity contribution in [2.75, 3.05) is 46.2 Å². The second kappa shape index (κ2) is 10.6. The lowest BCUT2D eigenvalue weighted by Crippen LogP contribution is -2.33. The van der Waals surface area contributed by atoms with Crippen molar-refractivity contribution in [3.05, 3.63) is 23.9 Å². The largest absolute Gasteiger partial charge is 0.385 e. The molecule has 1 aromatic rings. The van der Waals surface area contributed by atoms with E-state index in [1.54, 1.807) is 25.1 Å². The Bertz CT molecular complexity index is 412. The van der Waals surface area contributed by atoms with Gasteiger partial charge in [-0.15, -0.1) is 11.8 Å². The van der Waals surface area contributed by atoms with E-state index in [9.17, 15) is 4.79 Å². The molecule has 0 unspecified atom stereocenters. The summed E-state index contributed by atoms with van der Waals surface area (Å²) >= 11 is 1.67. The van der Waals surface area contributed by atoms with E-state index in [-0.39, 0.29) is 5.91 Å². The van der Waals surface area contributed by atoms with E-state index < -0.39 is 0 Å². The topological polar surface area (TPSA) is 54.5 Å². The maximum absolute atomic E-state index is 12.0. The molecule has 0 aliphatic heterocycles. The van der Waals surface area contributed by atoms with Crippen molar-refractivity contribution in [2.45, 2.75) is 18.4 Å². The summed E-state index contributed by atoms with van der Waals surface area (Å²) in [5, 5.41) is 3.86. The molecular weight excluding hydrogens is 286 g/mol. The molecule has 0 radical (unpaired) electrons. The number of hydrogen-bond donors (Lipinski definition) is 1. The van der Waals surface area contributed by atoms with Crippen molar-refractivity contribution < 1.29 is 9.53 Å². The van der Waals surface area contributed by atoms with Gasteiger partial charge in [-0.3, -0.25) is 4.79 Å². The van der Waals surface area contributed by atoms with E-state index in [2.05, 4.69) is 22.1 Å². The van der Waals surface area contributed by atoms with Gasteiger partial charge in [0.15, 0.2) is 0 Å². The van der Waals surface area contributed by atoms with E-state index in [1.165, 1.54) is 0 Å². The third-order valence-electron chi connectivity index (χ3n) is 2.96. The molecule has 6 heteroatoms. The number of nitrogens with one attached hydrogen (secondary N) is 1. The number of methoxy groups -OCH3 is 1. The number of aromatic nitrogens is 1. The van der Waals surface area contributed by atoms with Gasteiger partial charge in [-0.25, -0.2) is 4.98 Å². The molecule has 1 aromatic heterocycles. The highest BCUT2D eigenvalue weighted by molar-refractivity contribution is 7.99. The Hall–Kier alpha value is -1.11. The molecule has 0 aliphatic carbocycles. The van der Waals surface area contributed by atoms with E-state index in [0.717, 1.165) is 36.9 Å². The van der Waals surface area contributed by atoms with Crippen molar-refractivity contribution in [2.24, 2.45) is 0 Å². The van der Waals surface area contributed by atoms with Crippen LogP contribution in [0.25, 0.3) is 0 Å². The van der Waals surface area contributed by atoms with Crippen LogP contribution in [-0.4, -0.2) is 61.9 Å². The second-order valence-electron chi connectivity index (χ2n) is 4.72. The van der Waals surface area contributed by atoms with Gasteiger partial charge >= 0.3 is 0 Å². The molecule has 118 valence electrons. The lowest BCUT2D eigenvalue weighted by atomic mass is 10.3. The van der Waals surface area contributed by atoms with Crippen LogP contribution in [0.5, 0.6) is 0 Å². The average molecular weight is 311 g/mol. The number of ether oxygens (including phenoxy) is 1. The summed E-state index contributed by atoms with van der Waals surface area (Å²) in [5.41, 5.74) is 0.609. The first-order valence-corrected chi connectivity index (χ1v) is 8.20. The summed E-state index contributed by atoms with van der Waals surface area (Å²) < 4.78 is 5.01. The van der Waals surface area contributed by atoms with Crippen LogP contribution in [0.15, 0.2) is 23.4 Å². The van der Waals surface area contributed by atoms with Gasteiger partial charge in [-0.1, -0.05) is 6.92 Å². The van der Waals surface area contributed by atoms with Crippen LogP contribution in [0.2, 0.25) is 0 Å². The number of thioether (sulfide) groups is 1. The fourth-order valence-corrected chi connectivity index (χ4v) is 2.39. The molecule has 0 saturated carbocycles. The van der Waals surface area contributed by atoms with Crippen molar-refractivity contribution in [1.82, 2.24) is 15.2 Å². The number of pyridine rings is 1. The van der Waals surface area contributed by atoms with Crippen molar-refractivity contribution >= 4 is 17.7 Å². The molecule has 1 amide bonds. The van der Waals surface area contributed by atoms with E-state index in [1.807, 2.05) is 19.2 Å². The van der Waals surface area contributed by atoms with Gasteiger partial charge in [0.05, 0.1) is 10.6 Å². The highest BCUT2D eigenvalue weighted by Crippen LogP contribution is 2.14. The minimum Gasteiger partial charge on any atom is -0.385 e.